The van der Waals surface area contributed by atoms with Crippen LogP contribution in [0.3, 0.4) is 0 Å². The first kappa shape index (κ1) is 17.4. The van der Waals surface area contributed by atoms with Crippen LogP contribution in [0.5, 0.6) is 0 Å². The fourth-order valence-electron chi connectivity index (χ4n) is 2.45. The standard InChI is InChI=1S/C11H9F9O2/c12-7(13,4-21)10(17,18)11(19,20)22-9(16)6-2-1-5(3-6)8(9,14)15/h1-2,5-6,21H,3-4H2. The molecule has 1 saturated carbocycles. The molecular formula is C11H9F9O2. The van der Waals surface area contributed by atoms with E-state index in [9.17, 15) is 39.5 Å². The number of ether oxygens (including phenoxy) is 1. The zero-order valence-electron chi connectivity index (χ0n) is 10.5. The molecule has 0 heterocycles. The number of allylic oxidation sites excluding steroid dienone is 1. The molecule has 2 aliphatic carbocycles. The van der Waals surface area contributed by atoms with Crippen molar-refractivity contribution in [3.8, 4) is 0 Å². The van der Waals surface area contributed by atoms with Crippen LogP contribution < -0.4 is 0 Å². The molecule has 0 spiro atoms. The Hall–Kier alpha value is -0.970. The highest BCUT2D eigenvalue weighted by Gasteiger charge is 2.80. The van der Waals surface area contributed by atoms with E-state index in [4.69, 9.17) is 5.11 Å². The van der Waals surface area contributed by atoms with Crippen molar-refractivity contribution in [3.05, 3.63) is 12.2 Å². The minimum Gasteiger partial charge on any atom is -0.390 e. The van der Waals surface area contributed by atoms with Crippen molar-refractivity contribution in [2.24, 2.45) is 11.8 Å². The summed E-state index contributed by atoms with van der Waals surface area (Å²) in [5.74, 6) is -25.1. The summed E-state index contributed by atoms with van der Waals surface area (Å²) in [6, 6.07) is 0. The lowest BCUT2D eigenvalue weighted by Gasteiger charge is -2.39. The summed E-state index contributed by atoms with van der Waals surface area (Å²) in [7, 11) is 0. The van der Waals surface area contributed by atoms with Gasteiger partial charge in [0.15, 0.2) is 0 Å². The minimum atomic E-state index is -6.39. The van der Waals surface area contributed by atoms with E-state index in [-0.39, 0.29) is 0 Å². The lowest BCUT2D eigenvalue weighted by atomic mass is 9.97. The zero-order valence-corrected chi connectivity index (χ0v) is 10.5. The molecule has 3 atom stereocenters. The van der Waals surface area contributed by atoms with E-state index in [0.717, 1.165) is 12.2 Å². The first-order valence-corrected chi connectivity index (χ1v) is 5.92. The normalized spacial score (nSPS) is 34.5. The number of fused-ring (bicyclic) bond motifs is 2. The number of hydrogen-bond donors (Lipinski definition) is 1. The van der Waals surface area contributed by atoms with Gasteiger partial charge in [0, 0.05) is 11.8 Å². The van der Waals surface area contributed by atoms with Crippen molar-refractivity contribution < 1.29 is 49.4 Å². The van der Waals surface area contributed by atoms with Gasteiger partial charge in [-0.1, -0.05) is 12.2 Å². The maximum Gasteiger partial charge on any atom is 0.428 e. The van der Waals surface area contributed by atoms with Crippen molar-refractivity contribution in [1.29, 1.82) is 0 Å². The maximum absolute atomic E-state index is 14.2. The first-order valence-electron chi connectivity index (χ1n) is 5.92. The van der Waals surface area contributed by atoms with Crippen LogP contribution in [0.15, 0.2) is 12.2 Å². The summed E-state index contributed by atoms with van der Waals surface area (Å²) in [4.78, 5) is 0. The predicted molar refractivity (Wildman–Crippen MR) is 52.5 cm³/mol. The van der Waals surface area contributed by atoms with Gasteiger partial charge in [0.25, 0.3) is 5.85 Å². The quantitative estimate of drug-likeness (QED) is 0.612. The third-order valence-electron chi connectivity index (χ3n) is 3.78. The van der Waals surface area contributed by atoms with Crippen LogP contribution in [0.1, 0.15) is 6.42 Å². The fraction of sp³-hybridized carbons (Fsp3) is 0.818. The van der Waals surface area contributed by atoms with E-state index in [2.05, 4.69) is 4.74 Å². The SMILES string of the molecule is OCC(F)(F)C(F)(F)C(F)(F)OC1(F)C2C=CC(C2)C1(F)F. The Morgan fingerprint density at radius 2 is 1.50 bits per heavy atom. The second-order valence-corrected chi connectivity index (χ2v) is 5.16. The minimum absolute atomic E-state index is 0.679. The van der Waals surface area contributed by atoms with Crippen LogP contribution in [-0.2, 0) is 4.74 Å². The molecule has 2 nitrogen and oxygen atoms in total. The molecule has 1 N–H and O–H groups in total. The van der Waals surface area contributed by atoms with Gasteiger partial charge in [-0.3, -0.25) is 4.74 Å². The molecule has 0 aromatic rings. The second kappa shape index (κ2) is 4.53. The highest BCUT2D eigenvalue weighted by molar-refractivity contribution is 5.22. The lowest BCUT2D eigenvalue weighted by Crippen LogP contribution is -2.62. The molecule has 1 fully saturated rings. The Bertz CT molecular complexity index is 490. The van der Waals surface area contributed by atoms with Crippen molar-refractivity contribution >= 4 is 0 Å². The summed E-state index contributed by atoms with van der Waals surface area (Å²) in [6.45, 7) is -2.71. The molecular weight excluding hydrogens is 335 g/mol. The van der Waals surface area contributed by atoms with Crippen LogP contribution in [0.2, 0.25) is 0 Å². The van der Waals surface area contributed by atoms with E-state index in [1.807, 2.05) is 0 Å². The molecule has 0 aliphatic heterocycles. The summed E-state index contributed by atoms with van der Waals surface area (Å²) in [5.41, 5.74) is 0. The van der Waals surface area contributed by atoms with Gasteiger partial charge >= 0.3 is 23.9 Å². The van der Waals surface area contributed by atoms with Gasteiger partial charge in [0.05, 0.1) is 0 Å². The van der Waals surface area contributed by atoms with Crippen molar-refractivity contribution in [2.45, 2.75) is 36.2 Å². The lowest BCUT2D eigenvalue weighted by molar-refractivity contribution is -0.462. The van der Waals surface area contributed by atoms with Crippen LogP contribution in [0.25, 0.3) is 0 Å². The van der Waals surface area contributed by atoms with Gasteiger partial charge in [-0.05, 0) is 6.42 Å². The molecule has 0 amide bonds. The summed E-state index contributed by atoms with van der Waals surface area (Å²) >= 11 is 0. The fourth-order valence-corrected chi connectivity index (χ4v) is 2.45. The third kappa shape index (κ3) is 1.97. The number of aliphatic hydroxyl groups is 1. The molecule has 0 saturated heterocycles. The first-order chi connectivity index (χ1) is 9.73. The largest absolute Gasteiger partial charge is 0.428 e. The maximum atomic E-state index is 14.2. The Labute approximate surface area is 117 Å². The summed E-state index contributed by atoms with van der Waals surface area (Å²) in [5, 5.41) is 8.05. The smallest absolute Gasteiger partial charge is 0.390 e. The Morgan fingerprint density at radius 3 is 1.91 bits per heavy atom. The van der Waals surface area contributed by atoms with Crippen molar-refractivity contribution in [2.75, 3.05) is 6.61 Å². The number of hydrogen-bond acceptors (Lipinski definition) is 2. The molecule has 2 rings (SSSR count). The van der Waals surface area contributed by atoms with Crippen LogP contribution in [-0.4, -0.2) is 41.4 Å². The van der Waals surface area contributed by atoms with Gasteiger partial charge in [0.1, 0.15) is 6.61 Å². The van der Waals surface area contributed by atoms with Gasteiger partial charge < -0.3 is 5.11 Å². The molecule has 0 aromatic heterocycles. The van der Waals surface area contributed by atoms with E-state index >= 15 is 0 Å². The van der Waals surface area contributed by atoms with E-state index < -0.39 is 54.6 Å². The molecule has 2 bridgehead atoms. The Kier molecular flexibility index (Phi) is 3.58. The Balaban J connectivity index is 2.35. The van der Waals surface area contributed by atoms with Crippen molar-refractivity contribution in [3.63, 3.8) is 0 Å². The van der Waals surface area contributed by atoms with Gasteiger partial charge in [-0.15, -0.1) is 0 Å². The van der Waals surface area contributed by atoms with Crippen LogP contribution >= 0.6 is 0 Å². The number of aliphatic hydroxyl groups excluding tert-OH is 1. The molecule has 2 aliphatic rings. The Morgan fingerprint density at radius 1 is 1.00 bits per heavy atom. The average molecular weight is 344 g/mol. The topological polar surface area (TPSA) is 29.5 Å². The van der Waals surface area contributed by atoms with Crippen LogP contribution in [0.4, 0.5) is 39.5 Å². The van der Waals surface area contributed by atoms with E-state index in [1.165, 1.54) is 0 Å². The monoisotopic (exact) mass is 344 g/mol. The van der Waals surface area contributed by atoms with Gasteiger partial charge in [-0.25, -0.2) is 4.39 Å². The highest BCUT2D eigenvalue weighted by atomic mass is 19.4. The van der Waals surface area contributed by atoms with E-state index in [0.29, 0.717) is 0 Å². The molecule has 22 heavy (non-hydrogen) atoms. The zero-order chi connectivity index (χ0) is 17.2. The third-order valence-corrected chi connectivity index (χ3v) is 3.78. The van der Waals surface area contributed by atoms with Gasteiger partial charge in [-0.2, -0.15) is 35.1 Å². The number of rotatable bonds is 5. The van der Waals surface area contributed by atoms with Crippen LogP contribution in [0, 0.1) is 11.8 Å². The molecule has 0 radical (unpaired) electrons. The summed E-state index contributed by atoms with van der Waals surface area (Å²) in [6.07, 6.45) is -5.40. The number of halogens is 9. The average Bonchev–Trinajstić information content (AvgIpc) is 2.92. The second-order valence-electron chi connectivity index (χ2n) is 5.16. The van der Waals surface area contributed by atoms with E-state index in [1.54, 1.807) is 0 Å². The predicted octanol–water partition coefficient (Wildman–Crippen LogP) is 3.37. The van der Waals surface area contributed by atoms with Gasteiger partial charge in [0.2, 0.25) is 0 Å². The molecule has 0 aromatic carbocycles. The summed E-state index contributed by atoms with van der Waals surface area (Å²) < 4.78 is 123. The van der Waals surface area contributed by atoms with Crippen molar-refractivity contribution in [1.82, 2.24) is 0 Å². The highest BCUT2D eigenvalue weighted by Crippen LogP contribution is 2.61. The molecule has 128 valence electrons. The molecule has 11 heteroatoms. The molecule has 3 unspecified atom stereocenters. The number of alkyl halides is 9.